The van der Waals surface area contributed by atoms with Crippen LogP contribution in [0.2, 0.25) is 0 Å². The van der Waals surface area contributed by atoms with Crippen LogP contribution < -0.4 is 4.90 Å². The highest BCUT2D eigenvalue weighted by Crippen LogP contribution is 2.30. The number of nitrogens with zero attached hydrogens (tertiary/aromatic N) is 2. The number of aliphatic hydroxyl groups is 1. The molecule has 0 aliphatic heterocycles. The predicted molar refractivity (Wildman–Crippen MR) is 62.4 cm³/mol. The van der Waals surface area contributed by atoms with Crippen molar-refractivity contribution in [3.63, 3.8) is 0 Å². The Hall–Kier alpha value is -1.13. The van der Waals surface area contributed by atoms with Crippen molar-refractivity contribution in [2.45, 2.75) is 25.5 Å². The number of aromatic nitrogens is 1. The van der Waals surface area contributed by atoms with Crippen LogP contribution in [0.15, 0.2) is 18.3 Å². The summed E-state index contributed by atoms with van der Waals surface area (Å²) in [6.45, 7) is 1.65. The SMILES string of the molecule is COCCN(c1ccc(CO)cn1)C1CC1. The number of methoxy groups -OCH3 is 1. The minimum atomic E-state index is 0.0504. The fourth-order valence-electron chi connectivity index (χ4n) is 1.74. The van der Waals surface area contributed by atoms with Crippen molar-refractivity contribution in [1.29, 1.82) is 0 Å². The summed E-state index contributed by atoms with van der Waals surface area (Å²) in [5, 5.41) is 8.96. The lowest BCUT2D eigenvalue weighted by Gasteiger charge is -2.23. The Balaban J connectivity index is 2.05. The van der Waals surface area contributed by atoms with Crippen molar-refractivity contribution in [2.75, 3.05) is 25.2 Å². The Morgan fingerprint density at radius 1 is 1.50 bits per heavy atom. The van der Waals surface area contributed by atoms with Gasteiger partial charge in [-0.15, -0.1) is 0 Å². The largest absolute Gasteiger partial charge is 0.392 e. The first-order valence-corrected chi connectivity index (χ1v) is 5.66. The summed E-state index contributed by atoms with van der Waals surface area (Å²) in [5.74, 6) is 0.983. The van der Waals surface area contributed by atoms with E-state index in [0.717, 1.165) is 24.5 Å². The molecular weight excluding hydrogens is 204 g/mol. The molecule has 88 valence electrons. The Morgan fingerprint density at radius 3 is 2.81 bits per heavy atom. The maximum absolute atomic E-state index is 8.96. The number of ether oxygens (including phenoxy) is 1. The molecule has 0 spiro atoms. The van der Waals surface area contributed by atoms with Crippen molar-refractivity contribution >= 4 is 5.82 Å². The molecule has 0 saturated heterocycles. The zero-order chi connectivity index (χ0) is 11.4. The molecule has 0 bridgehead atoms. The molecule has 1 aliphatic carbocycles. The average Bonchev–Trinajstić information content (AvgIpc) is 3.15. The highest BCUT2D eigenvalue weighted by molar-refractivity contribution is 5.42. The summed E-state index contributed by atoms with van der Waals surface area (Å²) in [6.07, 6.45) is 4.22. The molecule has 4 nitrogen and oxygen atoms in total. The number of pyridine rings is 1. The van der Waals surface area contributed by atoms with Gasteiger partial charge in [0.2, 0.25) is 0 Å². The van der Waals surface area contributed by atoms with Gasteiger partial charge in [-0.05, 0) is 24.5 Å². The third-order valence-corrected chi connectivity index (χ3v) is 2.81. The van der Waals surface area contributed by atoms with Crippen LogP contribution in [0.25, 0.3) is 0 Å². The quantitative estimate of drug-likeness (QED) is 0.785. The minimum absolute atomic E-state index is 0.0504. The molecule has 0 atom stereocenters. The van der Waals surface area contributed by atoms with Crippen LogP contribution in [-0.4, -0.2) is 36.4 Å². The van der Waals surface area contributed by atoms with Crippen LogP contribution in [0.1, 0.15) is 18.4 Å². The molecule has 0 radical (unpaired) electrons. The molecule has 1 aromatic heterocycles. The van der Waals surface area contributed by atoms with Gasteiger partial charge >= 0.3 is 0 Å². The van der Waals surface area contributed by atoms with Crippen molar-refractivity contribution < 1.29 is 9.84 Å². The molecule has 1 saturated carbocycles. The zero-order valence-electron chi connectivity index (χ0n) is 9.59. The first-order chi connectivity index (χ1) is 7.85. The van der Waals surface area contributed by atoms with Crippen LogP contribution in [0.3, 0.4) is 0 Å². The van der Waals surface area contributed by atoms with Gasteiger partial charge in [0.05, 0.1) is 13.2 Å². The molecule has 16 heavy (non-hydrogen) atoms. The number of rotatable bonds is 6. The molecule has 0 aromatic carbocycles. The Morgan fingerprint density at radius 2 is 2.31 bits per heavy atom. The van der Waals surface area contributed by atoms with Gasteiger partial charge in [0.25, 0.3) is 0 Å². The van der Waals surface area contributed by atoms with E-state index >= 15 is 0 Å². The van der Waals surface area contributed by atoms with Crippen molar-refractivity contribution in [3.05, 3.63) is 23.9 Å². The van der Waals surface area contributed by atoms with Gasteiger partial charge in [-0.3, -0.25) is 0 Å². The van der Waals surface area contributed by atoms with Gasteiger partial charge in [-0.25, -0.2) is 4.98 Å². The second kappa shape index (κ2) is 5.27. The van der Waals surface area contributed by atoms with Crippen molar-refractivity contribution in [2.24, 2.45) is 0 Å². The first kappa shape index (κ1) is 11.4. The predicted octanol–water partition coefficient (Wildman–Crippen LogP) is 1.19. The Kier molecular flexibility index (Phi) is 3.74. The van der Waals surface area contributed by atoms with Gasteiger partial charge < -0.3 is 14.7 Å². The fraction of sp³-hybridized carbons (Fsp3) is 0.583. The van der Waals surface area contributed by atoms with Crippen LogP contribution in [0.5, 0.6) is 0 Å². The van der Waals surface area contributed by atoms with Crippen LogP contribution >= 0.6 is 0 Å². The molecule has 0 unspecified atom stereocenters. The molecule has 1 N–H and O–H groups in total. The van der Waals surface area contributed by atoms with Gasteiger partial charge in [-0.1, -0.05) is 6.07 Å². The minimum Gasteiger partial charge on any atom is -0.392 e. The normalized spacial score (nSPS) is 15.1. The Bertz CT molecular complexity index is 322. The lowest BCUT2D eigenvalue weighted by atomic mass is 10.3. The summed E-state index contributed by atoms with van der Waals surface area (Å²) in [4.78, 5) is 6.66. The van der Waals surface area contributed by atoms with Gasteiger partial charge in [0.1, 0.15) is 5.82 Å². The van der Waals surface area contributed by atoms with E-state index in [2.05, 4.69) is 9.88 Å². The van der Waals surface area contributed by atoms with E-state index in [-0.39, 0.29) is 6.61 Å². The summed E-state index contributed by atoms with van der Waals surface area (Å²) in [7, 11) is 1.72. The van der Waals surface area contributed by atoms with E-state index in [0.29, 0.717) is 6.04 Å². The van der Waals surface area contributed by atoms with Crippen molar-refractivity contribution in [1.82, 2.24) is 4.98 Å². The standard InChI is InChI=1S/C12H18N2O2/c1-16-7-6-14(11-3-4-11)12-5-2-10(9-15)8-13-12/h2,5,8,11,15H,3-4,6-7,9H2,1H3. The van der Waals surface area contributed by atoms with E-state index in [9.17, 15) is 0 Å². The number of aliphatic hydroxyl groups excluding tert-OH is 1. The fourth-order valence-corrected chi connectivity index (χ4v) is 1.74. The molecule has 1 aliphatic rings. The summed E-state index contributed by atoms with van der Waals surface area (Å²) < 4.78 is 5.11. The smallest absolute Gasteiger partial charge is 0.128 e. The Labute approximate surface area is 95.9 Å². The van der Waals surface area contributed by atoms with E-state index in [1.165, 1.54) is 12.8 Å². The molecular formula is C12H18N2O2. The second-order valence-corrected chi connectivity index (χ2v) is 4.10. The van der Waals surface area contributed by atoms with Crippen LogP contribution in [-0.2, 0) is 11.3 Å². The first-order valence-electron chi connectivity index (χ1n) is 5.66. The van der Waals surface area contributed by atoms with Crippen LogP contribution in [0.4, 0.5) is 5.82 Å². The van der Waals surface area contributed by atoms with Crippen molar-refractivity contribution in [3.8, 4) is 0 Å². The average molecular weight is 222 g/mol. The van der Waals surface area contributed by atoms with E-state index in [4.69, 9.17) is 9.84 Å². The molecule has 1 fully saturated rings. The monoisotopic (exact) mass is 222 g/mol. The maximum Gasteiger partial charge on any atom is 0.128 e. The molecule has 0 amide bonds. The van der Waals surface area contributed by atoms with Gasteiger partial charge in [0, 0.05) is 25.9 Å². The number of anilines is 1. The van der Waals surface area contributed by atoms with E-state index in [1.54, 1.807) is 13.3 Å². The summed E-state index contributed by atoms with van der Waals surface area (Å²) in [5.41, 5.74) is 0.853. The summed E-state index contributed by atoms with van der Waals surface area (Å²) >= 11 is 0. The molecule has 1 aromatic rings. The molecule has 2 rings (SSSR count). The van der Waals surface area contributed by atoms with E-state index in [1.807, 2.05) is 12.1 Å². The number of hydrogen-bond donors (Lipinski definition) is 1. The van der Waals surface area contributed by atoms with Gasteiger partial charge in [0.15, 0.2) is 0 Å². The zero-order valence-corrected chi connectivity index (χ0v) is 9.59. The topological polar surface area (TPSA) is 45.6 Å². The molecule has 1 heterocycles. The van der Waals surface area contributed by atoms with E-state index < -0.39 is 0 Å². The van der Waals surface area contributed by atoms with Crippen LogP contribution in [0, 0.1) is 0 Å². The highest BCUT2D eigenvalue weighted by atomic mass is 16.5. The maximum atomic E-state index is 8.96. The summed E-state index contributed by atoms with van der Waals surface area (Å²) in [6, 6.07) is 4.52. The number of hydrogen-bond acceptors (Lipinski definition) is 4. The third-order valence-electron chi connectivity index (χ3n) is 2.81. The lowest BCUT2D eigenvalue weighted by Crippen LogP contribution is -2.30. The van der Waals surface area contributed by atoms with Gasteiger partial charge in [-0.2, -0.15) is 0 Å². The third kappa shape index (κ3) is 2.71. The second-order valence-electron chi connectivity index (χ2n) is 4.10. The lowest BCUT2D eigenvalue weighted by molar-refractivity contribution is 0.204. The highest BCUT2D eigenvalue weighted by Gasteiger charge is 2.29. The molecule has 4 heteroatoms.